The van der Waals surface area contributed by atoms with Gasteiger partial charge in [0, 0.05) is 6.07 Å². The maximum atomic E-state index is 11.6. The highest BCUT2D eigenvalue weighted by Crippen LogP contribution is 2.46. The number of aliphatic hydroxyl groups is 1. The van der Waals surface area contributed by atoms with Gasteiger partial charge in [0.2, 0.25) is 5.75 Å². The van der Waals surface area contributed by atoms with Crippen LogP contribution in [0.5, 0.6) is 17.2 Å². The van der Waals surface area contributed by atoms with Gasteiger partial charge in [-0.1, -0.05) is 6.08 Å². The molecule has 23 heavy (non-hydrogen) atoms. The Morgan fingerprint density at radius 1 is 1.04 bits per heavy atom. The van der Waals surface area contributed by atoms with Crippen molar-refractivity contribution in [3.05, 3.63) is 34.2 Å². The molecule has 0 atom stereocenters. The smallest absolute Gasteiger partial charge is 0.336 e. The molecule has 2 aromatic rings. The lowest BCUT2D eigenvalue weighted by atomic mass is 10.0. The van der Waals surface area contributed by atoms with E-state index in [1.54, 1.807) is 32.1 Å². The summed E-state index contributed by atoms with van der Waals surface area (Å²) >= 11 is 0. The van der Waals surface area contributed by atoms with Gasteiger partial charge in [-0.2, -0.15) is 0 Å². The zero-order chi connectivity index (χ0) is 17.2. The second-order valence-electron chi connectivity index (χ2n) is 5.50. The van der Waals surface area contributed by atoms with Gasteiger partial charge >= 0.3 is 5.63 Å². The quantitative estimate of drug-likeness (QED) is 0.853. The molecule has 2 rings (SSSR count). The van der Waals surface area contributed by atoms with Gasteiger partial charge in [0.15, 0.2) is 17.1 Å². The van der Waals surface area contributed by atoms with Gasteiger partial charge in [-0.15, -0.1) is 0 Å². The third-order valence-electron chi connectivity index (χ3n) is 3.25. The molecule has 0 aliphatic heterocycles. The minimum absolute atomic E-state index is 0.299. The highest BCUT2D eigenvalue weighted by Gasteiger charge is 2.23. The van der Waals surface area contributed by atoms with E-state index in [9.17, 15) is 9.90 Å². The second-order valence-corrected chi connectivity index (χ2v) is 5.50. The summed E-state index contributed by atoms with van der Waals surface area (Å²) in [4.78, 5) is 11.6. The van der Waals surface area contributed by atoms with Crippen LogP contribution in [0.15, 0.2) is 27.4 Å². The Kier molecular flexibility index (Phi) is 4.65. The first-order valence-corrected chi connectivity index (χ1v) is 6.99. The first-order chi connectivity index (χ1) is 10.8. The molecule has 0 bridgehead atoms. The Morgan fingerprint density at radius 3 is 2.17 bits per heavy atom. The van der Waals surface area contributed by atoms with Crippen molar-refractivity contribution in [2.75, 3.05) is 21.3 Å². The van der Waals surface area contributed by atoms with Crippen molar-refractivity contribution in [3.63, 3.8) is 0 Å². The minimum atomic E-state index is -1.04. The molecule has 1 N–H and O–H groups in total. The number of fused-ring (bicyclic) bond motifs is 1. The van der Waals surface area contributed by atoms with Gasteiger partial charge < -0.3 is 23.7 Å². The zero-order valence-corrected chi connectivity index (χ0v) is 13.8. The van der Waals surface area contributed by atoms with Crippen LogP contribution in [0.3, 0.4) is 0 Å². The first-order valence-electron chi connectivity index (χ1n) is 6.99. The first kappa shape index (κ1) is 16.9. The summed E-state index contributed by atoms with van der Waals surface area (Å²) in [6, 6.07) is 2.91. The third kappa shape index (κ3) is 3.32. The summed E-state index contributed by atoms with van der Waals surface area (Å²) < 4.78 is 21.6. The highest BCUT2D eigenvalue weighted by atomic mass is 16.5. The van der Waals surface area contributed by atoms with E-state index in [0.29, 0.717) is 33.8 Å². The Bertz CT molecular complexity index is 795. The summed E-state index contributed by atoms with van der Waals surface area (Å²) in [5.41, 5.74) is -0.753. The van der Waals surface area contributed by atoms with Crippen molar-refractivity contribution in [1.82, 2.24) is 0 Å². The SMILES string of the molecule is COc1c(OC)c(/C=C/C(C)(C)O)c2oc(=O)ccc2c1OC. The largest absolute Gasteiger partial charge is 0.492 e. The van der Waals surface area contributed by atoms with Crippen molar-refractivity contribution in [2.45, 2.75) is 19.4 Å². The third-order valence-corrected chi connectivity index (χ3v) is 3.25. The van der Waals surface area contributed by atoms with Gasteiger partial charge in [-0.05, 0) is 26.0 Å². The van der Waals surface area contributed by atoms with Crippen LogP contribution in [0.2, 0.25) is 0 Å². The summed E-state index contributed by atoms with van der Waals surface area (Å²) in [6.07, 6.45) is 3.20. The molecular formula is C17H20O6. The Labute approximate surface area is 133 Å². The molecular weight excluding hydrogens is 300 g/mol. The molecule has 0 unspecified atom stereocenters. The fraction of sp³-hybridized carbons (Fsp3) is 0.353. The van der Waals surface area contributed by atoms with E-state index in [0.717, 1.165) is 0 Å². The van der Waals surface area contributed by atoms with Crippen molar-refractivity contribution in [2.24, 2.45) is 0 Å². The second kappa shape index (κ2) is 6.34. The number of ether oxygens (including phenoxy) is 3. The van der Waals surface area contributed by atoms with Gasteiger partial charge in [0.25, 0.3) is 0 Å². The molecule has 0 fully saturated rings. The normalized spacial score (nSPS) is 11.9. The number of methoxy groups -OCH3 is 3. The highest BCUT2D eigenvalue weighted by molar-refractivity contribution is 5.96. The van der Waals surface area contributed by atoms with Crippen molar-refractivity contribution >= 4 is 17.0 Å². The molecule has 1 heterocycles. The van der Waals surface area contributed by atoms with Crippen LogP contribution in [-0.2, 0) is 0 Å². The lowest BCUT2D eigenvalue weighted by Gasteiger charge is -2.17. The average molecular weight is 320 g/mol. The molecule has 0 aliphatic rings. The number of hydrogen-bond donors (Lipinski definition) is 1. The Morgan fingerprint density at radius 2 is 1.65 bits per heavy atom. The molecule has 124 valence electrons. The van der Waals surface area contributed by atoms with E-state index in [1.807, 2.05) is 0 Å². The maximum Gasteiger partial charge on any atom is 0.336 e. The van der Waals surface area contributed by atoms with E-state index in [1.165, 1.54) is 27.4 Å². The molecule has 6 heteroatoms. The van der Waals surface area contributed by atoms with E-state index in [2.05, 4.69) is 0 Å². The van der Waals surface area contributed by atoms with Crippen LogP contribution in [-0.4, -0.2) is 32.0 Å². The van der Waals surface area contributed by atoms with Crippen LogP contribution in [0.1, 0.15) is 19.4 Å². The molecule has 0 saturated carbocycles. The standard InChI is InChI=1S/C17H20O6/c1-17(2,19)9-8-11-13-10(6-7-12(18)23-13)14(20-3)16(22-5)15(11)21-4/h6-9,19H,1-5H3/b9-8+. The summed E-state index contributed by atoms with van der Waals surface area (Å²) in [7, 11) is 4.47. The van der Waals surface area contributed by atoms with E-state index >= 15 is 0 Å². The molecule has 1 aromatic heterocycles. The van der Waals surface area contributed by atoms with Crippen LogP contribution in [0.4, 0.5) is 0 Å². The van der Waals surface area contributed by atoms with Crippen LogP contribution >= 0.6 is 0 Å². The van der Waals surface area contributed by atoms with Crippen molar-refractivity contribution < 1.29 is 23.7 Å². The fourth-order valence-electron chi connectivity index (χ4n) is 2.28. The van der Waals surface area contributed by atoms with Gasteiger partial charge in [0.05, 0.1) is 37.9 Å². The number of benzene rings is 1. The van der Waals surface area contributed by atoms with Gasteiger partial charge in [0.1, 0.15) is 0 Å². The maximum absolute atomic E-state index is 11.6. The zero-order valence-electron chi connectivity index (χ0n) is 13.8. The lowest BCUT2D eigenvalue weighted by molar-refractivity contribution is 0.134. The number of hydrogen-bond acceptors (Lipinski definition) is 6. The van der Waals surface area contributed by atoms with Gasteiger partial charge in [-0.25, -0.2) is 4.79 Å². The topological polar surface area (TPSA) is 78.1 Å². The lowest BCUT2D eigenvalue weighted by Crippen LogP contribution is -2.13. The molecule has 0 amide bonds. The monoisotopic (exact) mass is 320 g/mol. The molecule has 6 nitrogen and oxygen atoms in total. The molecule has 0 radical (unpaired) electrons. The van der Waals surface area contributed by atoms with Crippen LogP contribution in [0.25, 0.3) is 17.0 Å². The molecule has 1 aromatic carbocycles. The van der Waals surface area contributed by atoms with E-state index < -0.39 is 11.2 Å². The molecule has 0 spiro atoms. The predicted octanol–water partition coefficient (Wildman–Crippen LogP) is 2.60. The predicted molar refractivity (Wildman–Crippen MR) is 87.5 cm³/mol. The summed E-state index contributed by atoms with van der Waals surface area (Å²) in [5, 5.41) is 10.5. The Hall–Kier alpha value is -2.47. The Balaban J connectivity index is 2.94. The summed E-state index contributed by atoms with van der Waals surface area (Å²) in [5.74, 6) is 1.14. The van der Waals surface area contributed by atoms with Crippen LogP contribution < -0.4 is 19.8 Å². The molecule has 0 saturated heterocycles. The molecule has 0 aliphatic carbocycles. The van der Waals surface area contributed by atoms with E-state index in [-0.39, 0.29) is 0 Å². The minimum Gasteiger partial charge on any atom is -0.492 e. The fourth-order valence-corrected chi connectivity index (χ4v) is 2.28. The van der Waals surface area contributed by atoms with Gasteiger partial charge in [-0.3, -0.25) is 0 Å². The van der Waals surface area contributed by atoms with Crippen molar-refractivity contribution in [1.29, 1.82) is 0 Å². The summed E-state index contributed by atoms with van der Waals surface area (Å²) in [6.45, 7) is 3.27. The van der Waals surface area contributed by atoms with Crippen LogP contribution in [0, 0.1) is 0 Å². The van der Waals surface area contributed by atoms with E-state index in [4.69, 9.17) is 18.6 Å². The van der Waals surface area contributed by atoms with Crippen molar-refractivity contribution in [3.8, 4) is 17.2 Å². The number of rotatable bonds is 5. The average Bonchev–Trinajstić information content (AvgIpc) is 2.50.